The number of imide groups is 1. The van der Waals surface area contributed by atoms with Gasteiger partial charge in [-0.15, -0.1) is 0 Å². The average molecular weight is 593 g/mol. The van der Waals surface area contributed by atoms with Crippen LogP contribution in [-0.2, 0) is 25.6 Å². The number of ketones is 2. The summed E-state index contributed by atoms with van der Waals surface area (Å²) >= 11 is 9.51. The Labute approximate surface area is 232 Å². The van der Waals surface area contributed by atoms with Crippen molar-refractivity contribution in [2.45, 2.75) is 32.1 Å². The van der Waals surface area contributed by atoms with Crippen LogP contribution < -0.4 is 4.90 Å². The molecular weight excluding hydrogens is 570 g/mol. The summed E-state index contributed by atoms with van der Waals surface area (Å²) in [6.45, 7) is 2.04. The third-order valence-corrected chi connectivity index (χ3v) is 9.06. The Balaban J connectivity index is 1.48. The average Bonchev–Trinajstić information content (AvgIpc) is 3.17. The van der Waals surface area contributed by atoms with Crippen LogP contribution >= 0.6 is 27.5 Å². The van der Waals surface area contributed by atoms with Crippen LogP contribution in [-0.4, -0.2) is 28.5 Å². The molecule has 3 aliphatic carbocycles. The lowest BCUT2D eigenvalue weighted by Crippen LogP contribution is -2.39. The second-order valence-corrected chi connectivity index (χ2v) is 11.4. The number of carbonyl (C=O) groups is 4. The fourth-order valence-corrected chi connectivity index (χ4v) is 7.08. The predicted octanol–water partition coefficient (Wildman–Crippen LogP) is 5.57. The molecule has 6 nitrogen and oxygen atoms in total. The van der Waals surface area contributed by atoms with E-state index >= 15 is 0 Å². The lowest BCUT2D eigenvalue weighted by Gasteiger charge is -2.42. The van der Waals surface area contributed by atoms with Gasteiger partial charge < -0.3 is 5.11 Å². The molecule has 4 unspecified atom stereocenters. The number of hydrogen-bond acceptors (Lipinski definition) is 5. The molecule has 4 atom stereocenters. The van der Waals surface area contributed by atoms with E-state index in [0.29, 0.717) is 33.8 Å². The number of halogens is 2. The maximum absolute atomic E-state index is 13.9. The maximum atomic E-state index is 13.9. The molecule has 1 N–H and O–H groups in total. The van der Waals surface area contributed by atoms with Gasteiger partial charge in [-0.25, -0.2) is 0 Å². The smallest absolute Gasteiger partial charge is 0.238 e. The van der Waals surface area contributed by atoms with Gasteiger partial charge in [0.1, 0.15) is 5.75 Å². The number of carbonyl (C=O) groups excluding carboxylic acids is 4. The van der Waals surface area contributed by atoms with Crippen LogP contribution in [0.1, 0.15) is 36.8 Å². The second-order valence-electron chi connectivity index (χ2n) is 10.1. The topological polar surface area (TPSA) is 91.8 Å². The summed E-state index contributed by atoms with van der Waals surface area (Å²) in [6.07, 6.45) is 4.51. The van der Waals surface area contributed by atoms with Crippen LogP contribution in [0.4, 0.5) is 5.69 Å². The minimum atomic E-state index is -0.752. The number of anilines is 1. The molecule has 1 fully saturated rings. The highest BCUT2D eigenvalue weighted by Gasteiger charge is 2.56. The van der Waals surface area contributed by atoms with Gasteiger partial charge >= 0.3 is 0 Å². The number of phenols is 1. The Morgan fingerprint density at radius 1 is 1.03 bits per heavy atom. The van der Waals surface area contributed by atoms with Gasteiger partial charge in [-0.3, -0.25) is 24.1 Å². The van der Waals surface area contributed by atoms with Gasteiger partial charge in [0.15, 0.2) is 11.6 Å². The molecule has 0 bridgehead atoms. The highest BCUT2D eigenvalue weighted by molar-refractivity contribution is 9.12. The number of amides is 2. The van der Waals surface area contributed by atoms with Crippen molar-refractivity contribution in [3.8, 4) is 5.75 Å². The Hall–Kier alpha value is -3.29. The molecule has 4 aliphatic rings. The van der Waals surface area contributed by atoms with Gasteiger partial charge in [-0.05, 0) is 77.0 Å². The van der Waals surface area contributed by atoms with Crippen molar-refractivity contribution in [2.75, 3.05) is 4.90 Å². The highest BCUT2D eigenvalue weighted by Crippen LogP contribution is 2.56. The van der Waals surface area contributed by atoms with Crippen molar-refractivity contribution in [1.29, 1.82) is 0 Å². The first kappa shape index (κ1) is 25.0. The molecule has 192 valence electrons. The van der Waals surface area contributed by atoms with E-state index in [4.69, 9.17) is 11.6 Å². The molecule has 2 aromatic rings. The number of phenolic OH excluding ortho intramolecular Hbond substituents is 1. The molecule has 1 heterocycles. The van der Waals surface area contributed by atoms with Crippen molar-refractivity contribution in [2.24, 2.45) is 17.8 Å². The third kappa shape index (κ3) is 3.67. The molecule has 2 amide bonds. The number of allylic oxidation sites excluding steroid dienone is 6. The number of fused-ring (bicyclic) bond motifs is 3. The third-order valence-electron chi connectivity index (χ3n) is 8.23. The van der Waals surface area contributed by atoms with Crippen molar-refractivity contribution in [1.82, 2.24) is 0 Å². The summed E-state index contributed by atoms with van der Waals surface area (Å²) < 4.78 is 0.154. The zero-order valence-corrected chi connectivity index (χ0v) is 22.8. The number of aryl methyl sites for hydroxylation is 1. The summed E-state index contributed by atoms with van der Waals surface area (Å²) in [7, 11) is 0. The Kier molecular flexibility index (Phi) is 6.04. The molecular formula is C30H23BrClNO5. The number of benzene rings is 2. The predicted molar refractivity (Wildman–Crippen MR) is 146 cm³/mol. The van der Waals surface area contributed by atoms with E-state index in [1.165, 1.54) is 17.0 Å². The van der Waals surface area contributed by atoms with E-state index in [9.17, 15) is 24.3 Å². The van der Waals surface area contributed by atoms with Crippen molar-refractivity contribution in [3.05, 3.63) is 92.0 Å². The van der Waals surface area contributed by atoms with Crippen LogP contribution in [0.3, 0.4) is 0 Å². The normalized spacial score (nSPS) is 26.7. The maximum Gasteiger partial charge on any atom is 0.238 e. The molecule has 38 heavy (non-hydrogen) atoms. The van der Waals surface area contributed by atoms with Gasteiger partial charge in [-0.2, -0.15) is 0 Å². The van der Waals surface area contributed by atoms with E-state index in [1.54, 1.807) is 24.3 Å². The van der Waals surface area contributed by atoms with Crippen molar-refractivity contribution < 1.29 is 24.3 Å². The molecule has 8 heteroatoms. The van der Waals surface area contributed by atoms with E-state index in [2.05, 4.69) is 15.9 Å². The van der Waals surface area contributed by atoms with Crippen LogP contribution in [0.15, 0.2) is 75.8 Å². The molecule has 0 radical (unpaired) electrons. The zero-order valence-electron chi connectivity index (χ0n) is 20.4. The lowest BCUT2D eigenvalue weighted by molar-refractivity contribution is -0.123. The quantitative estimate of drug-likeness (QED) is 0.286. The molecule has 0 aromatic heterocycles. The fourth-order valence-electron chi connectivity index (χ4n) is 6.45. The van der Waals surface area contributed by atoms with Crippen LogP contribution in [0, 0.1) is 17.8 Å². The molecule has 1 aliphatic heterocycles. The molecule has 1 saturated heterocycles. The first-order chi connectivity index (χ1) is 18.2. The standard InChI is InChI=1S/C30H23BrClNO5/c1-2-14-3-6-16(7-4-14)33-29(37)18-9-8-17-19(26(18)30(33)38)12-21-27(24(35)13-22(31)28(21)36)25(17)20-11-15(32)5-10-23(20)34/h3-8,10-11,13,18-19,25-26,34H,2,9,12H2,1H3. The second kappa shape index (κ2) is 9.17. The summed E-state index contributed by atoms with van der Waals surface area (Å²) in [5, 5.41) is 11.2. The molecule has 6 rings (SSSR count). The first-order valence-corrected chi connectivity index (χ1v) is 13.7. The minimum absolute atomic E-state index is 0.0599. The fraction of sp³-hybridized carbons (Fsp3) is 0.267. The van der Waals surface area contributed by atoms with Gasteiger partial charge in [0.25, 0.3) is 0 Å². The molecule has 0 spiro atoms. The van der Waals surface area contributed by atoms with Crippen molar-refractivity contribution >= 4 is 56.6 Å². The minimum Gasteiger partial charge on any atom is -0.508 e. The van der Waals surface area contributed by atoms with Gasteiger partial charge in [0.05, 0.1) is 22.0 Å². The Morgan fingerprint density at radius 2 is 1.76 bits per heavy atom. The Bertz CT molecular complexity index is 1540. The number of nitrogens with zero attached hydrogens (tertiary/aromatic N) is 1. The van der Waals surface area contributed by atoms with Crippen LogP contribution in [0.2, 0.25) is 5.02 Å². The summed E-state index contributed by atoms with van der Waals surface area (Å²) in [6, 6.07) is 12.0. The Morgan fingerprint density at radius 3 is 2.47 bits per heavy atom. The van der Waals surface area contributed by atoms with Gasteiger partial charge in [-0.1, -0.05) is 42.3 Å². The van der Waals surface area contributed by atoms with Crippen LogP contribution in [0.5, 0.6) is 5.75 Å². The number of Topliss-reactive ketones (excluding diaryl/α,β-unsaturated/α-hetero) is 1. The highest BCUT2D eigenvalue weighted by atomic mass is 79.9. The summed E-state index contributed by atoms with van der Waals surface area (Å²) in [5.74, 6) is -3.75. The zero-order chi connectivity index (χ0) is 26.9. The lowest BCUT2D eigenvalue weighted by atomic mass is 9.59. The monoisotopic (exact) mass is 591 g/mol. The van der Waals surface area contributed by atoms with E-state index in [1.807, 2.05) is 25.1 Å². The van der Waals surface area contributed by atoms with E-state index < -0.39 is 23.7 Å². The SMILES string of the molecule is CCc1ccc(N2C(=O)C3CC=C4C(c5cc(Cl)ccc5O)C5=C(CC4C3C2=O)C(=O)C(Br)=CC5=O)cc1. The van der Waals surface area contributed by atoms with Gasteiger partial charge in [0, 0.05) is 33.7 Å². The number of aromatic hydroxyl groups is 1. The summed E-state index contributed by atoms with van der Waals surface area (Å²) in [4.78, 5) is 55.3. The summed E-state index contributed by atoms with van der Waals surface area (Å²) in [5.41, 5.74) is 3.39. The largest absolute Gasteiger partial charge is 0.508 e. The van der Waals surface area contributed by atoms with Gasteiger partial charge in [0.2, 0.25) is 11.8 Å². The number of hydrogen-bond donors (Lipinski definition) is 1. The first-order valence-electron chi connectivity index (χ1n) is 12.6. The van der Waals surface area contributed by atoms with E-state index in [0.717, 1.165) is 17.6 Å². The molecule has 0 saturated carbocycles. The molecule has 2 aromatic carbocycles. The van der Waals surface area contributed by atoms with E-state index in [-0.39, 0.29) is 40.0 Å². The number of rotatable bonds is 3. The van der Waals surface area contributed by atoms with Crippen LogP contribution in [0.25, 0.3) is 0 Å². The van der Waals surface area contributed by atoms with Crippen molar-refractivity contribution in [3.63, 3.8) is 0 Å².